The van der Waals surface area contributed by atoms with E-state index in [-0.39, 0.29) is 41.4 Å². The molecule has 1 aromatic heterocycles. The number of rotatable bonds is 6. The summed E-state index contributed by atoms with van der Waals surface area (Å²) in [4.78, 5) is 12.7. The summed E-state index contributed by atoms with van der Waals surface area (Å²) in [6, 6.07) is 7.85. The smallest absolute Gasteiger partial charge is 0.336 e. The van der Waals surface area contributed by atoms with Crippen LogP contribution >= 0.6 is 11.6 Å². The molecule has 9 heteroatoms. The molecule has 2 aromatic carbocycles. The van der Waals surface area contributed by atoms with Crippen molar-refractivity contribution in [2.45, 2.75) is 25.8 Å². The van der Waals surface area contributed by atoms with Gasteiger partial charge in [-0.2, -0.15) is 0 Å². The molecular formula is C21H19ClF2N2O4. The van der Waals surface area contributed by atoms with E-state index in [4.69, 9.17) is 21.1 Å². The SMILES string of the molecule is O=c1n2c(c(O)n1-c1cc(OCCOc3ccc(F)cc3)c(Cl)cc1F)CCCC2. The van der Waals surface area contributed by atoms with Gasteiger partial charge in [-0.1, -0.05) is 11.6 Å². The number of halogens is 3. The molecule has 0 spiro atoms. The lowest BCUT2D eigenvalue weighted by Gasteiger charge is -2.12. The van der Waals surface area contributed by atoms with E-state index >= 15 is 0 Å². The molecule has 0 bridgehead atoms. The summed E-state index contributed by atoms with van der Waals surface area (Å²) in [5.41, 5.74) is -0.150. The van der Waals surface area contributed by atoms with E-state index in [1.165, 1.54) is 34.9 Å². The monoisotopic (exact) mass is 436 g/mol. The van der Waals surface area contributed by atoms with E-state index in [9.17, 15) is 18.7 Å². The van der Waals surface area contributed by atoms with Crippen molar-refractivity contribution in [3.05, 3.63) is 69.2 Å². The van der Waals surface area contributed by atoms with Gasteiger partial charge in [-0.3, -0.25) is 4.57 Å². The van der Waals surface area contributed by atoms with Crippen LogP contribution in [0.1, 0.15) is 18.5 Å². The number of fused-ring (bicyclic) bond motifs is 1. The Kier molecular flexibility index (Phi) is 5.67. The molecule has 30 heavy (non-hydrogen) atoms. The van der Waals surface area contributed by atoms with Crippen LogP contribution < -0.4 is 15.2 Å². The topological polar surface area (TPSA) is 65.6 Å². The lowest BCUT2D eigenvalue weighted by molar-refractivity contribution is 0.217. The Labute approximate surface area is 175 Å². The Bertz CT molecular complexity index is 1130. The second-order valence-electron chi connectivity index (χ2n) is 6.88. The summed E-state index contributed by atoms with van der Waals surface area (Å²) in [6.07, 6.45) is 2.22. The number of aromatic hydroxyl groups is 1. The zero-order valence-corrected chi connectivity index (χ0v) is 16.7. The van der Waals surface area contributed by atoms with Gasteiger partial charge in [0.25, 0.3) is 0 Å². The molecule has 4 rings (SSSR count). The van der Waals surface area contributed by atoms with Crippen molar-refractivity contribution < 1.29 is 23.4 Å². The van der Waals surface area contributed by atoms with Crippen molar-refractivity contribution in [1.29, 1.82) is 0 Å². The minimum Gasteiger partial charge on any atom is -0.493 e. The third-order valence-corrected chi connectivity index (χ3v) is 5.22. The first-order valence-corrected chi connectivity index (χ1v) is 9.87. The predicted octanol–water partition coefficient (Wildman–Crippen LogP) is 4.07. The number of hydrogen-bond acceptors (Lipinski definition) is 4. The molecule has 1 aliphatic heterocycles. The summed E-state index contributed by atoms with van der Waals surface area (Å²) < 4.78 is 40.9. The first-order chi connectivity index (χ1) is 14.5. The molecule has 0 saturated heterocycles. The van der Waals surface area contributed by atoms with E-state index in [1.807, 2.05) is 0 Å². The fourth-order valence-electron chi connectivity index (χ4n) is 3.48. The number of nitrogens with zero attached hydrogens (tertiary/aromatic N) is 2. The fourth-order valence-corrected chi connectivity index (χ4v) is 3.68. The van der Waals surface area contributed by atoms with Gasteiger partial charge in [0.1, 0.15) is 36.3 Å². The second-order valence-corrected chi connectivity index (χ2v) is 7.29. The van der Waals surface area contributed by atoms with Gasteiger partial charge < -0.3 is 14.6 Å². The average Bonchev–Trinajstić information content (AvgIpc) is 2.99. The Balaban J connectivity index is 1.54. The number of hydrogen-bond donors (Lipinski definition) is 1. The van der Waals surface area contributed by atoms with Crippen molar-refractivity contribution in [1.82, 2.24) is 9.13 Å². The summed E-state index contributed by atoms with van der Waals surface area (Å²) in [6.45, 7) is 0.698. The number of imidazole rings is 1. The average molecular weight is 437 g/mol. The van der Waals surface area contributed by atoms with Crippen molar-refractivity contribution >= 4 is 11.6 Å². The molecular weight excluding hydrogens is 418 g/mol. The van der Waals surface area contributed by atoms with E-state index in [0.29, 0.717) is 24.4 Å². The molecule has 0 unspecified atom stereocenters. The van der Waals surface area contributed by atoms with Crippen LogP contribution in [0.2, 0.25) is 5.02 Å². The van der Waals surface area contributed by atoms with E-state index < -0.39 is 11.5 Å². The van der Waals surface area contributed by atoms with Crippen LogP contribution in [-0.4, -0.2) is 27.5 Å². The third kappa shape index (κ3) is 3.87. The van der Waals surface area contributed by atoms with Crippen LogP contribution in [0.4, 0.5) is 8.78 Å². The van der Waals surface area contributed by atoms with Gasteiger partial charge >= 0.3 is 5.69 Å². The first-order valence-electron chi connectivity index (χ1n) is 9.49. The second kappa shape index (κ2) is 8.39. The Morgan fingerprint density at radius 1 is 1.07 bits per heavy atom. The van der Waals surface area contributed by atoms with Gasteiger partial charge in [0, 0.05) is 12.6 Å². The Morgan fingerprint density at radius 2 is 1.80 bits per heavy atom. The maximum atomic E-state index is 14.6. The molecule has 0 radical (unpaired) electrons. The van der Waals surface area contributed by atoms with Gasteiger partial charge in [0.2, 0.25) is 5.88 Å². The minimum atomic E-state index is -0.754. The maximum Gasteiger partial charge on any atom is 0.336 e. The van der Waals surface area contributed by atoms with Crippen molar-refractivity contribution in [2.24, 2.45) is 0 Å². The van der Waals surface area contributed by atoms with Crippen LogP contribution in [0.5, 0.6) is 17.4 Å². The first kappa shape index (κ1) is 20.3. The maximum absolute atomic E-state index is 14.6. The van der Waals surface area contributed by atoms with Gasteiger partial charge in [-0.05, 0) is 49.6 Å². The third-order valence-electron chi connectivity index (χ3n) is 4.93. The van der Waals surface area contributed by atoms with Gasteiger partial charge in [0.05, 0.1) is 16.4 Å². The molecule has 6 nitrogen and oxygen atoms in total. The van der Waals surface area contributed by atoms with Crippen molar-refractivity contribution in [3.8, 4) is 23.1 Å². The number of aromatic nitrogens is 2. The van der Waals surface area contributed by atoms with Gasteiger partial charge in [0.15, 0.2) is 0 Å². The Hall–Kier alpha value is -3.00. The van der Waals surface area contributed by atoms with Crippen LogP contribution in [-0.2, 0) is 13.0 Å². The van der Waals surface area contributed by atoms with Crippen molar-refractivity contribution in [3.63, 3.8) is 0 Å². The Morgan fingerprint density at radius 3 is 2.53 bits per heavy atom. The summed E-state index contributed by atoms with van der Waals surface area (Å²) >= 11 is 6.08. The predicted molar refractivity (Wildman–Crippen MR) is 107 cm³/mol. The normalized spacial score (nSPS) is 13.2. The van der Waals surface area contributed by atoms with Gasteiger partial charge in [-0.15, -0.1) is 0 Å². The minimum absolute atomic E-state index is 0.0227. The van der Waals surface area contributed by atoms with E-state index in [1.54, 1.807) is 0 Å². The highest BCUT2D eigenvalue weighted by Crippen LogP contribution is 2.32. The lowest BCUT2D eigenvalue weighted by atomic mass is 10.1. The highest BCUT2D eigenvalue weighted by atomic mass is 35.5. The highest BCUT2D eigenvalue weighted by Gasteiger charge is 2.25. The lowest BCUT2D eigenvalue weighted by Crippen LogP contribution is -2.26. The molecule has 1 aliphatic rings. The molecule has 2 heterocycles. The van der Waals surface area contributed by atoms with Crippen LogP contribution in [0.25, 0.3) is 5.69 Å². The molecule has 1 N–H and O–H groups in total. The summed E-state index contributed by atoms with van der Waals surface area (Å²) in [5.74, 6) is -0.773. The molecule has 0 aliphatic carbocycles. The molecule has 3 aromatic rings. The standard InChI is InChI=1S/C21H19ClF2N2O4/c22-15-11-16(24)18(26-20(27)17-3-1-2-8-25(17)21(26)28)12-19(15)30-10-9-29-14-6-4-13(23)5-7-14/h4-7,11-12,27H,1-3,8-10H2. The molecule has 0 atom stereocenters. The van der Waals surface area contributed by atoms with Crippen molar-refractivity contribution in [2.75, 3.05) is 13.2 Å². The van der Waals surface area contributed by atoms with Crippen LogP contribution in [0, 0.1) is 11.6 Å². The number of ether oxygens (including phenoxy) is 2. The quantitative estimate of drug-likeness (QED) is 0.591. The zero-order valence-electron chi connectivity index (χ0n) is 15.9. The zero-order chi connectivity index (χ0) is 21.3. The largest absolute Gasteiger partial charge is 0.493 e. The van der Waals surface area contributed by atoms with Gasteiger partial charge in [-0.25, -0.2) is 18.1 Å². The number of benzene rings is 2. The van der Waals surface area contributed by atoms with Crippen LogP contribution in [0.15, 0.2) is 41.2 Å². The van der Waals surface area contributed by atoms with E-state index in [2.05, 4.69) is 0 Å². The van der Waals surface area contributed by atoms with Crippen LogP contribution in [0.3, 0.4) is 0 Å². The summed E-state index contributed by atoms with van der Waals surface area (Å²) in [5, 5.41) is 10.5. The molecule has 0 amide bonds. The van der Waals surface area contributed by atoms with E-state index in [0.717, 1.165) is 23.5 Å². The molecule has 158 valence electrons. The summed E-state index contributed by atoms with van der Waals surface area (Å²) in [7, 11) is 0. The molecule has 0 saturated carbocycles. The highest BCUT2D eigenvalue weighted by molar-refractivity contribution is 6.32. The fraction of sp³-hybridized carbons (Fsp3) is 0.286. The molecule has 0 fully saturated rings.